The van der Waals surface area contributed by atoms with Crippen LogP contribution in [0.2, 0.25) is 0 Å². The molecular weight excluding hydrogens is 268 g/mol. The molecule has 0 aliphatic carbocycles. The zero-order valence-electron chi connectivity index (χ0n) is 10.6. The van der Waals surface area contributed by atoms with Crippen molar-refractivity contribution in [1.29, 1.82) is 0 Å². The summed E-state index contributed by atoms with van der Waals surface area (Å²) in [6.07, 6.45) is 1.65. The first-order valence-electron chi connectivity index (χ1n) is 6.15. The van der Waals surface area contributed by atoms with E-state index in [1.165, 1.54) is 0 Å². The molecule has 1 heterocycles. The van der Waals surface area contributed by atoms with Crippen LogP contribution in [0.15, 0.2) is 60.8 Å². The molecule has 0 atom stereocenters. The van der Waals surface area contributed by atoms with Gasteiger partial charge >= 0.3 is 0 Å². The SMILES string of the molecule is NC(=S)c1cccnc1Oc1ccc2ccccc2c1. The summed E-state index contributed by atoms with van der Waals surface area (Å²) in [7, 11) is 0. The molecule has 2 N–H and O–H groups in total. The highest BCUT2D eigenvalue weighted by Gasteiger charge is 2.08. The fourth-order valence-corrected chi connectivity index (χ4v) is 2.16. The van der Waals surface area contributed by atoms with Gasteiger partial charge in [0.25, 0.3) is 0 Å². The van der Waals surface area contributed by atoms with Crippen molar-refractivity contribution in [2.24, 2.45) is 5.73 Å². The molecule has 3 nitrogen and oxygen atoms in total. The number of pyridine rings is 1. The quantitative estimate of drug-likeness (QED) is 0.744. The Hall–Kier alpha value is -2.46. The summed E-state index contributed by atoms with van der Waals surface area (Å²) in [4.78, 5) is 4.46. The van der Waals surface area contributed by atoms with Crippen molar-refractivity contribution in [2.75, 3.05) is 0 Å². The van der Waals surface area contributed by atoms with Crippen LogP contribution in [0, 0.1) is 0 Å². The number of fused-ring (bicyclic) bond motifs is 1. The molecule has 4 heteroatoms. The van der Waals surface area contributed by atoms with Crippen LogP contribution in [-0.4, -0.2) is 9.97 Å². The Morgan fingerprint density at radius 2 is 1.80 bits per heavy atom. The van der Waals surface area contributed by atoms with Crippen molar-refractivity contribution >= 4 is 28.0 Å². The van der Waals surface area contributed by atoms with E-state index in [2.05, 4.69) is 11.1 Å². The van der Waals surface area contributed by atoms with Gasteiger partial charge < -0.3 is 10.5 Å². The van der Waals surface area contributed by atoms with Crippen LogP contribution >= 0.6 is 12.2 Å². The maximum absolute atomic E-state index is 5.80. The largest absolute Gasteiger partial charge is 0.438 e. The molecule has 0 amide bonds. The first-order valence-corrected chi connectivity index (χ1v) is 6.56. The van der Waals surface area contributed by atoms with Crippen LogP contribution in [0.5, 0.6) is 11.6 Å². The van der Waals surface area contributed by atoms with Crippen LogP contribution in [0.25, 0.3) is 10.8 Å². The van der Waals surface area contributed by atoms with Crippen LogP contribution in [0.3, 0.4) is 0 Å². The van der Waals surface area contributed by atoms with Gasteiger partial charge in [0, 0.05) is 6.20 Å². The van der Waals surface area contributed by atoms with E-state index in [0.717, 1.165) is 10.8 Å². The predicted octanol–water partition coefficient (Wildman–Crippen LogP) is 3.66. The molecule has 0 radical (unpaired) electrons. The minimum atomic E-state index is 0.272. The monoisotopic (exact) mass is 280 g/mol. The van der Waals surface area contributed by atoms with Gasteiger partial charge in [-0.25, -0.2) is 4.98 Å². The molecule has 3 rings (SSSR count). The van der Waals surface area contributed by atoms with Gasteiger partial charge in [-0.1, -0.05) is 42.5 Å². The van der Waals surface area contributed by atoms with Crippen LogP contribution in [0.1, 0.15) is 5.56 Å². The van der Waals surface area contributed by atoms with Gasteiger partial charge in [0.2, 0.25) is 5.88 Å². The first kappa shape index (κ1) is 12.6. The fraction of sp³-hybridized carbons (Fsp3) is 0. The van der Waals surface area contributed by atoms with Crippen LogP contribution < -0.4 is 10.5 Å². The van der Waals surface area contributed by atoms with Crippen molar-refractivity contribution in [1.82, 2.24) is 4.98 Å². The highest BCUT2D eigenvalue weighted by atomic mass is 32.1. The molecule has 2 aromatic carbocycles. The number of benzene rings is 2. The number of ether oxygens (including phenoxy) is 1. The molecule has 0 spiro atoms. The maximum atomic E-state index is 5.80. The molecule has 0 bridgehead atoms. The van der Waals surface area contributed by atoms with E-state index in [1.54, 1.807) is 18.3 Å². The lowest BCUT2D eigenvalue weighted by Gasteiger charge is -2.09. The molecule has 0 unspecified atom stereocenters. The fourth-order valence-electron chi connectivity index (χ4n) is 2.00. The standard InChI is InChI=1S/C16H12N2OS/c17-15(20)14-6-3-9-18-16(14)19-13-8-7-11-4-1-2-5-12(11)10-13/h1-10H,(H2,17,20). The van der Waals surface area contributed by atoms with Gasteiger partial charge in [-0.3, -0.25) is 0 Å². The summed E-state index contributed by atoms with van der Waals surface area (Å²) < 4.78 is 5.80. The van der Waals surface area contributed by atoms with Crippen molar-refractivity contribution in [3.8, 4) is 11.6 Å². The second kappa shape index (κ2) is 5.27. The maximum Gasteiger partial charge on any atom is 0.229 e. The number of nitrogens with two attached hydrogens (primary N) is 1. The van der Waals surface area contributed by atoms with Gasteiger partial charge in [-0.2, -0.15) is 0 Å². The van der Waals surface area contributed by atoms with Crippen molar-refractivity contribution in [2.45, 2.75) is 0 Å². The molecule has 0 aliphatic heterocycles. The lowest BCUT2D eigenvalue weighted by atomic mass is 10.1. The highest BCUT2D eigenvalue weighted by Crippen LogP contribution is 2.26. The average molecular weight is 280 g/mol. The lowest BCUT2D eigenvalue weighted by Crippen LogP contribution is -2.11. The number of thiocarbonyl (C=S) groups is 1. The van der Waals surface area contributed by atoms with Crippen molar-refractivity contribution < 1.29 is 4.74 Å². The highest BCUT2D eigenvalue weighted by molar-refractivity contribution is 7.80. The summed E-state index contributed by atoms with van der Waals surface area (Å²) in [5, 5.41) is 2.27. The smallest absolute Gasteiger partial charge is 0.229 e. The lowest BCUT2D eigenvalue weighted by molar-refractivity contribution is 0.462. The Balaban J connectivity index is 1.99. The first-order chi connectivity index (χ1) is 9.74. The Bertz CT molecular complexity index is 786. The summed E-state index contributed by atoms with van der Waals surface area (Å²) >= 11 is 5.00. The minimum Gasteiger partial charge on any atom is -0.438 e. The topological polar surface area (TPSA) is 48.1 Å². The summed E-state index contributed by atoms with van der Waals surface area (Å²) in [6, 6.07) is 17.5. The molecule has 0 saturated carbocycles. The van der Waals surface area contributed by atoms with E-state index in [9.17, 15) is 0 Å². The normalized spacial score (nSPS) is 10.4. The van der Waals surface area contributed by atoms with E-state index in [-0.39, 0.29) is 4.99 Å². The van der Waals surface area contributed by atoms with Gasteiger partial charge in [0.05, 0.1) is 5.56 Å². The number of nitrogens with zero attached hydrogens (tertiary/aromatic N) is 1. The van der Waals surface area contributed by atoms with Gasteiger partial charge in [-0.15, -0.1) is 0 Å². The second-order valence-corrected chi connectivity index (χ2v) is 4.77. The third-order valence-corrected chi connectivity index (χ3v) is 3.19. The Morgan fingerprint density at radius 1 is 1.00 bits per heavy atom. The van der Waals surface area contributed by atoms with E-state index < -0.39 is 0 Å². The Kier molecular flexibility index (Phi) is 3.31. The van der Waals surface area contributed by atoms with E-state index in [4.69, 9.17) is 22.7 Å². The van der Waals surface area contributed by atoms with Crippen molar-refractivity contribution in [3.05, 3.63) is 66.4 Å². The van der Waals surface area contributed by atoms with E-state index in [0.29, 0.717) is 17.2 Å². The van der Waals surface area contributed by atoms with Gasteiger partial charge in [0.1, 0.15) is 10.7 Å². The number of hydrogen-bond donors (Lipinski definition) is 1. The third-order valence-electron chi connectivity index (χ3n) is 2.97. The third kappa shape index (κ3) is 2.46. The second-order valence-electron chi connectivity index (χ2n) is 4.33. The number of rotatable bonds is 3. The predicted molar refractivity (Wildman–Crippen MR) is 84.1 cm³/mol. The Labute approximate surface area is 122 Å². The van der Waals surface area contributed by atoms with Crippen LogP contribution in [0.4, 0.5) is 0 Å². The average Bonchev–Trinajstić information content (AvgIpc) is 2.47. The van der Waals surface area contributed by atoms with Gasteiger partial charge in [-0.05, 0) is 35.0 Å². The van der Waals surface area contributed by atoms with E-state index in [1.807, 2.05) is 36.4 Å². The Morgan fingerprint density at radius 3 is 2.60 bits per heavy atom. The summed E-state index contributed by atoms with van der Waals surface area (Å²) in [6.45, 7) is 0. The molecule has 0 aliphatic rings. The molecule has 1 aromatic heterocycles. The molecule has 3 aromatic rings. The molecular formula is C16H12N2OS. The van der Waals surface area contributed by atoms with Gasteiger partial charge in [0.15, 0.2) is 0 Å². The van der Waals surface area contributed by atoms with E-state index >= 15 is 0 Å². The zero-order chi connectivity index (χ0) is 13.9. The molecule has 0 fully saturated rings. The minimum absolute atomic E-state index is 0.272. The molecule has 0 saturated heterocycles. The number of hydrogen-bond acceptors (Lipinski definition) is 3. The molecule has 98 valence electrons. The summed E-state index contributed by atoms with van der Waals surface area (Å²) in [5.74, 6) is 1.13. The van der Waals surface area contributed by atoms with Crippen LogP contribution in [-0.2, 0) is 0 Å². The van der Waals surface area contributed by atoms with Crippen molar-refractivity contribution in [3.63, 3.8) is 0 Å². The zero-order valence-corrected chi connectivity index (χ0v) is 11.4. The number of aromatic nitrogens is 1. The summed E-state index contributed by atoms with van der Waals surface area (Å²) in [5.41, 5.74) is 6.31. The molecule has 20 heavy (non-hydrogen) atoms.